The maximum Gasteiger partial charge on any atom is 0.215 e. The van der Waals surface area contributed by atoms with Crippen LogP contribution in [0.25, 0.3) is 0 Å². The van der Waals surface area contributed by atoms with E-state index in [0.717, 1.165) is 19.0 Å². The fourth-order valence-electron chi connectivity index (χ4n) is 2.30. The van der Waals surface area contributed by atoms with Crippen molar-refractivity contribution >= 4 is 10.0 Å². The number of nitrogens with one attached hydrogen (secondary N) is 2. The summed E-state index contributed by atoms with van der Waals surface area (Å²) in [5.41, 5.74) is 0.437. The Kier molecular flexibility index (Phi) is 5.06. The van der Waals surface area contributed by atoms with Crippen molar-refractivity contribution in [2.45, 2.75) is 24.5 Å². The average Bonchev–Trinajstić information content (AvgIpc) is 2.38. The van der Waals surface area contributed by atoms with Gasteiger partial charge in [-0.3, -0.25) is 0 Å². The number of hydrogen-bond acceptors (Lipinski definition) is 3. The lowest BCUT2D eigenvalue weighted by molar-refractivity contribution is 0.490. The molecule has 112 valence electrons. The first-order chi connectivity index (χ1) is 9.47. The number of hydrogen-bond donors (Lipinski definition) is 2. The van der Waals surface area contributed by atoms with Crippen LogP contribution in [0.4, 0.5) is 8.78 Å². The van der Waals surface area contributed by atoms with Gasteiger partial charge in [0, 0.05) is 19.2 Å². The minimum Gasteiger partial charge on any atom is -0.315 e. The molecular weight excluding hydrogens is 286 g/mol. The molecule has 0 aliphatic carbocycles. The molecule has 1 fully saturated rings. The summed E-state index contributed by atoms with van der Waals surface area (Å²) in [7, 11) is -3.37. The zero-order valence-electron chi connectivity index (χ0n) is 11.0. The maximum absolute atomic E-state index is 13.0. The summed E-state index contributed by atoms with van der Waals surface area (Å²) >= 11 is 0. The third-order valence-corrected chi connectivity index (χ3v) is 5.22. The smallest absolute Gasteiger partial charge is 0.215 e. The van der Waals surface area contributed by atoms with E-state index in [2.05, 4.69) is 10.0 Å². The van der Waals surface area contributed by atoms with Crippen molar-refractivity contribution in [2.75, 3.05) is 19.6 Å². The van der Waals surface area contributed by atoms with Gasteiger partial charge in [0.1, 0.15) is 11.6 Å². The van der Waals surface area contributed by atoms with Gasteiger partial charge in [-0.15, -0.1) is 0 Å². The Bertz CT molecular complexity index is 537. The lowest BCUT2D eigenvalue weighted by atomic mass is 10.1. The second-order valence-electron chi connectivity index (χ2n) is 4.94. The molecule has 1 aromatic carbocycles. The molecule has 0 radical (unpaired) electrons. The van der Waals surface area contributed by atoms with Crippen LogP contribution in [-0.4, -0.2) is 33.3 Å². The van der Waals surface area contributed by atoms with Gasteiger partial charge in [-0.1, -0.05) is 0 Å². The Labute approximate surface area is 117 Å². The first-order valence-corrected chi connectivity index (χ1v) is 8.16. The van der Waals surface area contributed by atoms with Crippen LogP contribution in [0.2, 0.25) is 0 Å². The maximum atomic E-state index is 13.0. The zero-order valence-corrected chi connectivity index (χ0v) is 11.8. The van der Waals surface area contributed by atoms with E-state index in [9.17, 15) is 17.2 Å². The fraction of sp³-hybridized carbons (Fsp3) is 0.538. The van der Waals surface area contributed by atoms with Crippen LogP contribution in [0.3, 0.4) is 0 Å². The molecule has 1 heterocycles. The molecular formula is C13H18F2N2O2S. The van der Waals surface area contributed by atoms with E-state index in [4.69, 9.17) is 0 Å². The average molecular weight is 304 g/mol. The summed E-state index contributed by atoms with van der Waals surface area (Å²) in [5, 5.41) is 2.62. The molecule has 1 aliphatic heterocycles. The van der Waals surface area contributed by atoms with Crippen LogP contribution in [0, 0.1) is 11.6 Å². The van der Waals surface area contributed by atoms with Crippen molar-refractivity contribution in [3.63, 3.8) is 0 Å². The van der Waals surface area contributed by atoms with E-state index >= 15 is 0 Å². The Morgan fingerprint density at radius 3 is 2.55 bits per heavy atom. The Morgan fingerprint density at radius 2 is 1.95 bits per heavy atom. The number of rotatable bonds is 5. The van der Waals surface area contributed by atoms with Crippen molar-refractivity contribution in [1.82, 2.24) is 10.0 Å². The van der Waals surface area contributed by atoms with Crippen molar-refractivity contribution < 1.29 is 17.2 Å². The van der Waals surface area contributed by atoms with E-state index in [0.29, 0.717) is 18.5 Å². The van der Waals surface area contributed by atoms with Gasteiger partial charge in [-0.05, 0) is 43.5 Å². The molecule has 1 aliphatic rings. The van der Waals surface area contributed by atoms with Crippen molar-refractivity contribution in [2.24, 2.45) is 0 Å². The zero-order chi connectivity index (χ0) is 14.6. The molecule has 1 atom stereocenters. The highest BCUT2D eigenvalue weighted by atomic mass is 32.2. The SMILES string of the molecule is O=S(=O)(NCCc1cc(F)cc(F)c1)C1CCCNC1. The normalized spacial score (nSPS) is 20.0. The lowest BCUT2D eigenvalue weighted by Crippen LogP contribution is -2.44. The van der Waals surface area contributed by atoms with Gasteiger partial charge in [0.2, 0.25) is 10.0 Å². The van der Waals surface area contributed by atoms with Crippen LogP contribution in [0.1, 0.15) is 18.4 Å². The highest BCUT2D eigenvalue weighted by Gasteiger charge is 2.26. The monoisotopic (exact) mass is 304 g/mol. The molecule has 4 nitrogen and oxygen atoms in total. The predicted molar refractivity (Wildman–Crippen MR) is 72.9 cm³/mol. The van der Waals surface area contributed by atoms with E-state index in [1.165, 1.54) is 12.1 Å². The largest absolute Gasteiger partial charge is 0.315 e. The van der Waals surface area contributed by atoms with E-state index in [1.807, 2.05) is 0 Å². The first kappa shape index (κ1) is 15.3. The fourth-order valence-corrected chi connectivity index (χ4v) is 3.73. The molecule has 0 amide bonds. The van der Waals surface area contributed by atoms with Crippen LogP contribution in [-0.2, 0) is 16.4 Å². The molecule has 0 saturated carbocycles. The molecule has 0 bridgehead atoms. The third kappa shape index (κ3) is 4.22. The van der Waals surface area contributed by atoms with E-state index in [1.54, 1.807) is 0 Å². The van der Waals surface area contributed by atoms with Gasteiger partial charge < -0.3 is 5.32 Å². The summed E-state index contributed by atoms with van der Waals surface area (Å²) in [6.45, 7) is 1.43. The van der Waals surface area contributed by atoms with Gasteiger partial charge in [0.25, 0.3) is 0 Å². The molecule has 1 saturated heterocycles. The number of halogens is 2. The Balaban J connectivity index is 1.88. The van der Waals surface area contributed by atoms with Gasteiger partial charge in [0.15, 0.2) is 0 Å². The van der Waals surface area contributed by atoms with Gasteiger partial charge in [-0.2, -0.15) is 0 Å². The van der Waals surface area contributed by atoms with Gasteiger partial charge in [-0.25, -0.2) is 21.9 Å². The molecule has 2 rings (SSSR count). The molecule has 0 aromatic heterocycles. The highest BCUT2D eigenvalue weighted by Crippen LogP contribution is 2.11. The minimum atomic E-state index is -3.37. The molecule has 2 N–H and O–H groups in total. The van der Waals surface area contributed by atoms with Crippen molar-refractivity contribution in [3.05, 3.63) is 35.4 Å². The molecule has 7 heteroatoms. The topological polar surface area (TPSA) is 58.2 Å². The summed E-state index contributed by atoms with van der Waals surface area (Å²) in [4.78, 5) is 0. The Morgan fingerprint density at radius 1 is 1.25 bits per heavy atom. The number of piperidine rings is 1. The predicted octanol–water partition coefficient (Wildman–Crippen LogP) is 1.18. The first-order valence-electron chi connectivity index (χ1n) is 6.61. The highest BCUT2D eigenvalue weighted by molar-refractivity contribution is 7.90. The van der Waals surface area contributed by atoms with Crippen LogP contribution in [0.5, 0.6) is 0 Å². The van der Waals surface area contributed by atoms with Crippen molar-refractivity contribution in [3.8, 4) is 0 Å². The van der Waals surface area contributed by atoms with Crippen LogP contribution >= 0.6 is 0 Å². The summed E-state index contributed by atoms with van der Waals surface area (Å²) < 4.78 is 52.5. The van der Waals surface area contributed by atoms with Gasteiger partial charge in [0.05, 0.1) is 5.25 Å². The third-order valence-electron chi connectivity index (χ3n) is 3.33. The summed E-state index contributed by atoms with van der Waals surface area (Å²) in [6.07, 6.45) is 1.73. The molecule has 0 spiro atoms. The summed E-state index contributed by atoms with van der Waals surface area (Å²) in [5.74, 6) is -1.31. The Hall–Kier alpha value is -1.05. The number of benzene rings is 1. The van der Waals surface area contributed by atoms with E-state index in [-0.39, 0.29) is 13.0 Å². The molecule has 1 unspecified atom stereocenters. The van der Waals surface area contributed by atoms with Crippen LogP contribution < -0.4 is 10.0 Å². The van der Waals surface area contributed by atoms with E-state index < -0.39 is 26.9 Å². The molecule has 20 heavy (non-hydrogen) atoms. The lowest BCUT2D eigenvalue weighted by Gasteiger charge is -2.23. The van der Waals surface area contributed by atoms with Crippen LogP contribution in [0.15, 0.2) is 18.2 Å². The minimum absolute atomic E-state index is 0.141. The van der Waals surface area contributed by atoms with Gasteiger partial charge >= 0.3 is 0 Å². The van der Waals surface area contributed by atoms with Crippen molar-refractivity contribution in [1.29, 1.82) is 0 Å². The second-order valence-corrected chi connectivity index (χ2v) is 6.98. The standard InChI is InChI=1S/C13H18F2N2O2S/c14-11-6-10(7-12(15)8-11)3-5-17-20(18,19)13-2-1-4-16-9-13/h6-8,13,16-17H,1-5,9H2. The molecule has 1 aromatic rings. The quantitative estimate of drug-likeness (QED) is 0.859. The number of sulfonamides is 1. The second kappa shape index (κ2) is 6.60. The summed E-state index contributed by atoms with van der Waals surface area (Å²) in [6, 6.07) is 3.21.